The van der Waals surface area contributed by atoms with Crippen LogP contribution < -0.4 is 9.47 Å². The molecule has 0 saturated carbocycles. The van der Waals surface area contributed by atoms with Gasteiger partial charge in [0.1, 0.15) is 18.1 Å². The molecule has 2 aromatic rings. The van der Waals surface area contributed by atoms with Crippen molar-refractivity contribution in [1.82, 2.24) is 0 Å². The Hall–Kier alpha value is -1.97. The fourth-order valence-electron chi connectivity index (χ4n) is 2.53. The summed E-state index contributed by atoms with van der Waals surface area (Å²) < 4.78 is 11.6. The lowest BCUT2D eigenvalue weighted by molar-refractivity contribution is 0.101. The molecule has 0 aromatic heterocycles. The van der Waals surface area contributed by atoms with Gasteiger partial charge in [0, 0.05) is 21.2 Å². The molecule has 0 amide bonds. The molecule has 0 unspecified atom stereocenters. The van der Waals surface area contributed by atoms with Gasteiger partial charge in [-0.1, -0.05) is 29.3 Å². The Labute approximate surface area is 150 Å². The molecule has 1 heterocycles. The van der Waals surface area contributed by atoms with E-state index in [-0.39, 0.29) is 5.78 Å². The Kier molecular flexibility index (Phi) is 4.57. The third kappa shape index (κ3) is 3.02. The zero-order chi connectivity index (χ0) is 17.4. The van der Waals surface area contributed by atoms with Crippen LogP contribution in [0.2, 0.25) is 10.0 Å². The standard InChI is InChI=1S/C19H16Cl2O3/c1-10(2)18-17(22)14-6-7-16(11(3)19(14)24-18)23-9-12-4-5-13(20)8-15(12)21/h4-8H,9H2,1-3H3. The van der Waals surface area contributed by atoms with Crippen LogP contribution in [0.1, 0.15) is 35.3 Å². The fourth-order valence-corrected chi connectivity index (χ4v) is 3.00. The lowest BCUT2D eigenvalue weighted by Gasteiger charge is -2.12. The maximum Gasteiger partial charge on any atom is 0.231 e. The Bertz CT molecular complexity index is 865. The fraction of sp³-hybridized carbons (Fsp3) is 0.211. The van der Waals surface area contributed by atoms with Crippen molar-refractivity contribution in [2.45, 2.75) is 27.4 Å². The monoisotopic (exact) mass is 362 g/mol. The molecule has 3 rings (SSSR count). The summed E-state index contributed by atoms with van der Waals surface area (Å²) in [6.45, 7) is 5.89. The molecule has 2 aromatic carbocycles. The number of carbonyl (C=O) groups excluding carboxylic acids is 1. The minimum absolute atomic E-state index is 0.0830. The predicted octanol–water partition coefficient (Wildman–Crippen LogP) is 5.75. The van der Waals surface area contributed by atoms with E-state index in [1.54, 1.807) is 24.3 Å². The highest BCUT2D eigenvalue weighted by molar-refractivity contribution is 6.35. The Morgan fingerprint density at radius 3 is 2.58 bits per heavy atom. The minimum Gasteiger partial charge on any atom is -0.488 e. The molecular weight excluding hydrogens is 347 g/mol. The van der Waals surface area contributed by atoms with Gasteiger partial charge in [0.05, 0.1) is 5.56 Å². The van der Waals surface area contributed by atoms with Crippen molar-refractivity contribution in [2.24, 2.45) is 0 Å². The molecule has 124 valence electrons. The first kappa shape index (κ1) is 16.9. The van der Waals surface area contributed by atoms with Crippen LogP contribution in [-0.4, -0.2) is 5.78 Å². The minimum atomic E-state index is -0.0830. The first-order chi connectivity index (χ1) is 11.4. The lowest BCUT2D eigenvalue weighted by atomic mass is 10.1. The first-order valence-electron chi connectivity index (χ1n) is 7.49. The topological polar surface area (TPSA) is 35.5 Å². The summed E-state index contributed by atoms with van der Waals surface area (Å²) >= 11 is 12.1. The molecule has 0 N–H and O–H groups in total. The second-order valence-electron chi connectivity index (χ2n) is 5.85. The third-order valence-corrected chi connectivity index (χ3v) is 4.45. The second kappa shape index (κ2) is 6.50. The molecule has 0 spiro atoms. The van der Waals surface area contributed by atoms with Crippen molar-refractivity contribution in [1.29, 1.82) is 0 Å². The van der Waals surface area contributed by atoms with E-state index in [1.807, 2.05) is 26.8 Å². The first-order valence-corrected chi connectivity index (χ1v) is 8.24. The van der Waals surface area contributed by atoms with E-state index in [0.717, 1.165) is 16.7 Å². The van der Waals surface area contributed by atoms with E-state index in [1.165, 1.54) is 0 Å². The number of halogens is 2. The number of carbonyl (C=O) groups is 1. The van der Waals surface area contributed by atoms with Crippen LogP contribution in [0.25, 0.3) is 0 Å². The average molecular weight is 363 g/mol. The summed E-state index contributed by atoms with van der Waals surface area (Å²) in [4.78, 5) is 12.3. The summed E-state index contributed by atoms with van der Waals surface area (Å²) in [5.74, 6) is 1.53. The molecule has 1 aliphatic rings. The summed E-state index contributed by atoms with van der Waals surface area (Å²) in [7, 11) is 0. The molecule has 0 aliphatic carbocycles. The van der Waals surface area contributed by atoms with E-state index in [4.69, 9.17) is 32.7 Å². The SMILES string of the molecule is CC(C)=C1Oc2c(ccc(OCc3ccc(Cl)cc3Cl)c2C)C1=O. The molecule has 24 heavy (non-hydrogen) atoms. The van der Waals surface area contributed by atoms with Gasteiger partial charge in [0.25, 0.3) is 0 Å². The van der Waals surface area contributed by atoms with Gasteiger partial charge >= 0.3 is 0 Å². The van der Waals surface area contributed by atoms with Gasteiger partial charge in [-0.05, 0) is 50.6 Å². The highest BCUT2D eigenvalue weighted by Crippen LogP contribution is 2.39. The number of benzene rings is 2. The Balaban J connectivity index is 1.86. The number of hydrogen-bond acceptors (Lipinski definition) is 3. The van der Waals surface area contributed by atoms with E-state index in [2.05, 4.69) is 0 Å². The second-order valence-corrected chi connectivity index (χ2v) is 6.69. The van der Waals surface area contributed by atoms with E-state index >= 15 is 0 Å². The van der Waals surface area contributed by atoms with Crippen molar-refractivity contribution in [3.05, 3.63) is 68.4 Å². The molecule has 0 radical (unpaired) electrons. The molecule has 5 heteroatoms. The summed E-state index contributed by atoms with van der Waals surface area (Å²) in [5.41, 5.74) is 3.05. The van der Waals surface area contributed by atoms with Crippen molar-refractivity contribution in [3.63, 3.8) is 0 Å². The van der Waals surface area contributed by atoms with E-state index in [0.29, 0.717) is 39.5 Å². The number of Topliss-reactive ketones (excluding diaryl/α,β-unsaturated/α-hetero) is 1. The van der Waals surface area contributed by atoms with Crippen molar-refractivity contribution in [2.75, 3.05) is 0 Å². The zero-order valence-electron chi connectivity index (χ0n) is 13.6. The van der Waals surface area contributed by atoms with Crippen molar-refractivity contribution >= 4 is 29.0 Å². The summed E-state index contributed by atoms with van der Waals surface area (Å²) in [6.07, 6.45) is 0. The van der Waals surface area contributed by atoms with Crippen molar-refractivity contribution < 1.29 is 14.3 Å². The van der Waals surface area contributed by atoms with Gasteiger partial charge in [-0.25, -0.2) is 0 Å². The Morgan fingerprint density at radius 1 is 1.17 bits per heavy atom. The molecular formula is C19H16Cl2O3. The largest absolute Gasteiger partial charge is 0.488 e. The molecule has 0 atom stereocenters. The van der Waals surface area contributed by atoms with E-state index < -0.39 is 0 Å². The lowest BCUT2D eigenvalue weighted by Crippen LogP contribution is -2.00. The summed E-state index contributed by atoms with van der Waals surface area (Å²) in [6, 6.07) is 8.80. The van der Waals surface area contributed by atoms with E-state index in [9.17, 15) is 4.79 Å². The van der Waals surface area contributed by atoms with Gasteiger partial charge in [0.2, 0.25) is 5.78 Å². The zero-order valence-corrected chi connectivity index (χ0v) is 15.1. The molecule has 1 aliphatic heterocycles. The maximum absolute atomic E-state index is 12.3. The van der Waals surface area contributed by atoms with Crippen LogP contribution in [0.3, 0.4) is 0 Å². The molecule has 0 saturated heterocycles. The van der Waals surface area contributed by atoms with Gasteiger partial charge < -0.3 is 9.47 Å². The number of ether oxygens (including phenoxy) is 2. The number of hydrogen-bond donors (Lipinski definition) is 0. The van der Waals surface area contributed by atoms with Crippen LogP contribution in [0.15, 0.2) is 41.7 Å². The number of allylic oxidation sites excluding steroid dienone is 2. The average Bonchev–Trinajstić information content (AvgIpc) is 2.86. The number of ketones is 1. The van der Waals surface area contributed by atoms with Crippen molar-refractivity contribution in [3.8, 4) is 11.5 Å². The summed E-state index contributed by atoms with van der Waals surface area (Å²) in [5, 5.41) is 1.14. The smallest absolute Gasteiger partial charge is 0.231 e. The van der Waals surface area contributed by atoms with Crippen LogP contribution in [-0.2, 0) is 6.61 Å². The van der Waals surface area contributed by atoms with Gasteiger partial charge in [0.15, 0.2) is 5.76 Å². The maximum atomic E-state index is 12.3. The predicted molar refractivity (Wildman–Crippen MR) is 95.3 cm³/mol. The molecule has 0 fully saturated rings. The molecule has 3 nitrogen and oxygen atoms in total. The normalized spacial score (nSPS) is 12.9. The van der Waals surface area contributed by atoms with Crippen LogP contribution in [0, 0.1) is 6.92 Å². The van der Waals surface area contributed by atoms with Gasteiger partial charge in [-0.2, -0.15) is 0 Å². The van der Waals surface area contributed by atoms with Crippen LogP contribution in [0.5, 0.6) is 11.5 Å². The third-order valence-electron chi connectivity index (χ3n) is 3.86. The highest BCUT2D eigenvalue weighted by atomic mass is 35.5. The van der Waals surface area contributed by atoms with Crippen LogP contribution in [0.4, 0.5) is 0 Å². The highest BCUT2D eigenvalue weighted by Gasteiger charge is 2.30. The van der Waals surface area contributed by atoms with Gasteiger partial charge in [-0.3, -0.25) is 4.79 Å². The Morgan fingerprint density at radius 2 is 1.92 bits per heavy atom. The van der Waals surface area contributed by atoms with Crippen LogP contribution >= 0.6 is 23.2 Å². The quantitative estimate of drug-likeness (QED) is 0.652. The molecule has 0 bridgehead atoms. The number of fused-ring (bicyclic) bond motifs is 1. The van der Waals surface area contributed by atoms with Gasteiger partial charge in [-0.15, -0.1) is 0 Å². The number of rotatable bonds is 3.